The molecule has 0 saturated carbocycles. The summed E-state index contributed by atoms with van der Waals surface area (Å²) in [7, 11) is 1.83. The molecule has 0 fully saturated rings. The fourth-order valence-electron chi connectivity index (χ4n) is 3.37. The van der Waals surface area contributed by atoms with E-state index in [0.29, 0.717) is 17.3 Å². The monoisotopic (exact) mass is 460 g/mol. The molecule has 9 heteroatoms. The fourth-order valence-corrected chi connectivity index (χ4v) is 3.37. The van der Waals surface area contributed by atoms with E-state index in [2.05, 4.69) is 20.2 Å². The summed E-state index contributed by atoms with van der Waals surface area (Å²) in [6, 6.07) is 9.26. The minimum atomic E-state index is -0.982. The smallest absolute Gasteiger partial charge is 0.203 e. The van der Waals surface area contributed by atoms with E-state index in [-0.39, 0.29) is 11.3 Å². The molecule has 0 bridgehead atoms. The van der Waals surface area contributed by atoms with E-state index in [4.69, 9.17) is 4.74 Å². The molecule has 2 atom stereocenters. The molecule has 0 aliphatic carbocycles. The van der Waals surface area contributed by atoms with Crippen molar-refractivity contribution >= 4 is 0 Å². The average molecular weight is 461 g/mol. The van der Waals surface area contributed by atoms with Crippen molar-refractivity contribution in [3.05, 3.63) is 82.8 Å². The van der Waals surface area contributed by atoms with Crippen LogP contribution in [0.5, 0.6) is 5.75 Å². The van der Waals surface area contributed by atoms with Gasteiger partial charge in [0.2, 0.25) is 5.43 Å². The van der Waals surface area contributed by atoms with Crippen molar-refractivity contribution in [2.24, 2.45) is 7.05 Å². The van der Waals surface area contributed by atoms with Crippen molar-refractivity contribution in [1.29, 1.82) is 0 Å². The van der Waals surface area contributed by atoms with Gasteiger partial charge < -0.3 is 9.84 Å². The van der Waals surface area contributed by atoms with Gasteiger partial charge in [0.05, 0.1) is 30.4 Å². The zero-order valence-electron chi connectivity index (χ0n) is 19.9. The van der Waals surface area contributed by atoms with Crippen LogP contribution >= 0.6 is 0 Å². The first-order valence-electron chi connectivity index (χ1n) is 11.0. The van der Waals surface area contributed by atoms with Crippen LogP contribution in [0.25, 0.3) is 17.1 Å². The summed E-state index contributed by atoms with van der Waals surface area (Å²) >= 11 is 0. The molecule has 0 radical (unpaired) electrons. The maximum absolute atomic E-state index is 12.6. The third-order valence-corrected chi connectivity index (χ3v) is 5.78. The predicted molar refractivity (Wildman–Crippen MR) is 128 cm³/mol. The first-order chi connectivity index (χ1) is 16.1. The average Bonchev–Trinajstić information content (AvgIpc) is 3.25. The Bertz CT molecular complexity index is 1340. The summed E-state index contributed by atoms with van der Waals surface area (Å²) in [4.78, 5) is 21.5. The SMILES string of the molecule is C[C@@H](c1cccc(-c2ncc(O[C@H](C)C(C)(C)O)cn2)c1)c1nn(-c2cnn(C)c2)ccc1=O. The van der Waals surface area contributed by atoms with E-state index in [1.165, 1.54) is 6.07 Å². The third kappa shape index (κ3) is 5.04. The first kappa shape index (κ1) is 23.3. The normalized spacial score (nSPS) is 13.5. The van der Waals surface area contributed by atoms with Crippen molar-refractivity contribution < 1.29 is 9.84 Å². The van der Waals surface area contributed by atoms with Gasteiger partial charge in [0.15, 0.2) is 11.6 Å². The number of hydrogen-bond donors (Lipinski definition) is 1. The molecular weight excluding hydrogens is 432 g/mol. The molecule has 176 valence electrons. The Morgan fingerprint density at radius 2 is 1.82 bits per heavy atom. The highest BCUT2D eigenvalue weighted by atomic mass is 16.5. The van der Waals surface area contributed by atoms with Gasteiger partial charge in [-0.3, -0.25) is 9.48 Å². The number of aryl methyl sites for hydroxylation is 1. The van der Waals surface area contributed by atoms with Crippen molar-refractivity contribution in [1.82, 2.24) is 29.5 Å². The van der Waals surface area contributed by atoms with Crippen molar-refractivity contribution in [2.45, 2.75) is 45.3 Å². The Kier molecular flexibility index (Phi) is 6.30. The number of aromatic nitrogens is 6. The van der Waals surface area contributed by atoms with Crippen LogP contribution in [0.3, 0.4) is 0 Å². The summed E-state index contributed by atoms with van der Waals surface area (Å²) in [5.41, 5.74) is 1.84. The lowest BCUT2D eigenvalue weighted by molar-refractivity contribution is -0.0244. The molecule has 4 rings (SSSR count). The third-order valence-electron chi connectivity index (χ3n) is 5.78. The fraction of sp³-hybridized carbons (Fsp3) is 0.320. The molecule has 1 N–H and O–H groups in total. The van der Waals surface area contributed by atoms with Crippen LogP contribution in [-0.2, 0) is 7.05 Å². The number of rotatable bonds is 7. The molecule has 0 unspecified atom stereocenters. The van der Waals surface area contributed by atoms with Crippen molar-refractivity contribution in [3.63, 3.8) is 0 Å². The minimum absolute atomic E-state index is 0.128. The number of ether oxygens (including phenoxy) is 1. The Morgan fingerprint density at radius 1 is 1.09 bits per heavy atom. The van der Waals surface area contributed by atoms with Gasteiger partial charge in [-0.1, -0.05) is 25.1 Å². The second-order valence-electron chi connectivity index (χ2n) is 8.89. The Morgan fingerprint density at radius 3 is 2.47 bits per heavy atom. The van der Waals surface area contributed by atoms with E-state index in [0.717, 1.165) is 16.8 Å². The Balaban J connectivity index is 1.59. The van der Waals surface area contributed by atoms with Crippen LogP contribution in [0.4, 0.5) is 0 Å². The van der Waals surface area contributed by atoms with Gasteiger partial charge in [-0.2, -0.15) is 10.2 Å². The molecular formula is C25H28N6O3. The Labute approximate surface area is 197 Å². The minimum Gasteiger partial charge on any atom is -0.484 e. The topological polar surface area (TPSA) is 108 Å². The van der Waals surface area contributed by atoms with E-state index in [9.17, 15) is 9.90 Å². The van der Waals surface area contributed by atoms with Gasteiger partial charge >= 0.3 is 0 Å². The molecule has 0 spiro atoms. The summed E-state index contributed by atoms with van der Waals surface area (Å²) in [5.74, 6) is 0.769. The highest BCUT2D eigenvalue weighted by Gasteiger charge is 2.24. The molecule has 0 aliphatic heterocycles. The zero-order chi connectivity index (χ0) is 24.5. The van der Waals surface area contributed by atoms with Gasteiger partial charge in [0.25, 0.3) is 0 Å². The molecule has 3 heterocycles. The molecule has 1 aromatic carbocycles. The molecule has 0 saturated heterocycles. The van der Waals surface area contributed by atoms with Crippen LogP contribution in [0.1, 0.15) is 44.9 Å². The predicted octanol–water partition coefficient (Wildman–Crippen LogP) is 3.11. The number of aliphatic hydroxyl groups is 1. The maximum Gasteiger partial charge on any atom is 0.203 e. The van der Waals surface area contributed by atoms with E-state index in [1.807, 2.05) is 44.4 Å². The molecule has 0 aliphatic rings. The number of hydrogen-bond acceptors (Lipinski definition) is 7. The largest absolute Gasteiger partial charge is 0.484 e. The number of nitrogens with zero attached hydrogens (tertiary/aromatic N) is 6. The second kappa shape index (κ2) is 9.18. The standard InChI is InChI=1S/C25H28N6O3/c1-16(23-22(32)9-10-31(29-23)20-12-28-30(5)15-20)18-7-6-8-19(11-18)24-26-13-21(14-27-24)34-17(2)25(3,4)33/h6-17,33H,1-5H3/t16-,17+/m0/s1. The summed E-state index contributed by atoms with van der Waals surface area (Å²) < 4.78 is 9.06. The number of benzene rings is 1. The lowest BCUT2D eigenvalue weighted by Gasteiger charge is -2.26. The van der Waals surface area contributed by atoms with Crippen molar-refractivity contribution in [3.8, 4) is 22.8 Å². The lowest BCUT2D eigenvalue weighted by atomic mass is 9.95. The van der Waals surface area contributed by atoms with Crippen molar-refractivity contribution in [2.75, 3.05) is 0 Å². The van der Waals surface area contributed by atoms with Gasteiger partial charge in [-0.15, -0.1) is 0 Å². The highest BCUT2D eigenvalue weighted by Crippen LogP contribution is 2.26. The first-order valence-corrected chi connectivity index (χ1v) is 11.0. The summed E-state index contributed by atoms with van der Waals surface area (Å²) in [6.07, 6.45) is 7.93. The molecule has 3 aromatic heterocycles. The van der Waals surface area contributed by atoms with Crippen LogP contribution in [0.15, 0.2) is 66.1 Å². The van der Waals surface area contributed by atoms with E-state index in [1.54, 1.807) is 54.9 Å². The van der Waals surface area contributed by atoms with Crippen LogP contribution in [-0.4, -0.2) is 46.3 Å². The van der Waals surface area contributed by atoms with Crippen LogP contribution in [0.2, 0.25) is 0 Å². The van der Waals surface area contributed by atoms with Gasteiger partial charge in [-0.25, -0.2) is 14.6 Å². The molecule has 34 heavy (non-hydrogen) atoms. The van der Waals surface area contributed by atoms with Crippen LogP contribution < -0.4 is 10.2 Å². The summed E-state index contributed by atoms with van der Waals surface area (Å²) in [6.45, 7) is 7.12. The zero-order valence-corrected chi connectivity index (χ0v) is 19.9. The van der Waals surface area contributed by atoms with E-state index >= 15 is 0 Å². The molecule has 9 nitrogen and oxygen atoms in total. The second-order valence-corrected chi connectivity index (χ2v) is 8.89. The molecule has 4 aromatic rings. The maximum atomic E-state index is 12.6. The van der Waals surface area contributed by atoms with Gasteiger partial charge in [-0.05, 0) is 32.4 Å². The quantitative estimate of drug-likeness (QED) is 0.451. The molecule has 0 amide bonds. The Hall–Kier alpha value is -3.85. The summed E-state index contributed by atoms with van der Waals surface area (Å²) in [5, 5.41) is 18.8. The lowest BCUT2D eigenvalue weighted by Crippen LogP contribution is -2.37. The van der Waals surface area contributed by atoms with Gasteiger partial charge in [0, 0.05) is 30.8 Å². The highest BCUT2D eigenvalue weighted by molar-refractivity contribution is 5.57. The van der Waals surface area contributed by atoms with Gasteiger partial charge in [0.1, 0.15) is 17.5 Å². The van der Waals surface area contributed by atoms with Crippen LogP contribution in [0, 0.1) is 0 Å². The van der Waals surface area contributed by atoms with E-state index < -0.39 is 11.7 Å².